The molecule has 0 saturated heterocycles. The number of ether oxygens (including phenoxy) is 2. The molecule has 90 valence electrons. The Hall–Kier alpha value is -1.20. The maximum atomic E-state index is 13.5. The number of benzene rings is 1. The third-order valence-corrected chi connectivity index (χ3v) is 2.11. The first-order valence-corrected chi connectivity index (χ1v) is 4.78. The lowest BCUT2D eigenvalue weighted by molar-refractivity contribution is 0.0764. The van der Waals surface area contributed by atoms with Crippen molar-refractivity contribution in [3.8, 4) is 5.75 Å². The van der Waals surface area contributed by atoms with Crippen LogP contribution in [-0.2, 0) is 11.3 Å². The lowest BCUT2D eigenvalue weighted by Gasteiger charge is -2.16. The van der Waals surface area contributed by atoms with Gasteiger partial charge in [-0.3, -0.25) is 4.90 Å². The SMILES string of the molecule is COCN(C)Cc1cc(F)c(OC)cc1F. The van der Waals surface area contributed by atoms with E-state index in [-0.39, 0.29) is 17.9 Å². The number of hydrogen-bond donors (Lipinski definition) is 0. The molecular formula is C11H15F2NO2. The Bertz CT molecular complexity index is 358. The van der Waals surface area contributed by atoms with Crippen molar-refractivity contribution >= 4 is 0 Å². The fourth-order valence-electron chi connectivity index (χ4n) is 1.40. The maximum Gasteiger partial charge on any atom is 0.165 e. The fraction of sp³-hybridized carbons (Fsp3) is 0.455. The summed E-state index contributed by atoms with van der Waals surface area (Å²) in [5.41, 5.74) is 0.276. The summed E-state index contributed by atoms with van der Waals surface area (Å²) < 4.78 is 36.4. The lowest BCUT2D eigenvalue weighted by atomic mass is 10.2. The molecule has 0 N–H and O–H groups in total. The predicted molar refractivity (Wildman–Crippen MR) is 56.3 cm³/mol. The molecule has 0 bridgehead atoms. The van der Waals surface area contributed by atoms with Crippen molar-refractivity contribution in [2.24, 2.45) is 0 Å². The van der Waals surface area contributed by atoms with Gasteiger partial charge in [-0.25, -0.2) is 8.78 Å². The molecule has 16 heavy (non-hydrogen) atoms. The Balaban J connectivity index is 2.85. The number of methoxy groups -OCH3 is 2. The molecule has 1 aromatic rings. The molecule has 0 fully saturated rings. The van der Waals surface area contributed by atoms with E-state index in [9.17, 15) is 8.78 Å². The normalized spacial score (nSPS) is 10.9. The van der Waals surface area contributed by atoms with E-state index in [0.717, 1.165) is 12.1 Å². The van der Waals surface area contributed by atoms with Gasteiger partial charge in [0.15, 0.2) is 11.6 Å². The van der Waals surface area contributed by atoms with Crippen LogP contribution in [0.3, 0.4) is 0 Å². The average Bonchev–Trinajstić information content (AvgIpc) is 2.23. The van der Waals surface area contributed by atoms with Crippen LogP contribution in [0.2, 0.25) is 0 Å². The standard InChI is InChI=1S/C11H15F2NO2/c1-14(7-15-2)6-8-4-10(13)11(16-3)5-9(8)12/h4-5H,6-7H2,1-3H3. The van der Waals surface area contributed by atoms with Gasteiger partial charge in [0.2, 0.25) is 0 Å². The minimum Gasteiger partial charge on any atom is -0.494 e. The molecule has 0 amide bonds. The van der Waals surface area contributed by atoms with Gasteiger partial charge in [0, 0.05) is 25.3 Å². The molecule has 1 rings (SSSR count). The second-order valence-corrected chi connectivity index (χ2v) is 3.51. The Labute approximate surface area is 93.6 Å². The van der Waals surface area contributed by atoms with E-state index in [0.29, 0.717) is 6.73 Å². The van der Waals surface area contributed by atoms with Gasteiger partial charge >= 0.3 is 0 Å². The number of halogens is 2. The highest BCUT2D eigenvalue weighted by Gasteiger charge is 2.11. The monoisotopic (exact) mass is 231 g/mol. The minimum atomic E-state index is -0.565. The van der Waals surface area contributed by atoms with Crippen molar-refractivity contribution in [1.29, 1.82) is 0 Å². The summed E-state index contributed by atoms with van der Waals surface area (Å²) in [6.45, 7) is 0.633. The van der Waals surface area contributed by atoms with Crippen LogP contribution in [0.15, 0.2) is 12.1 Å². The van der Waals surface area contributed by atoms with E-state index in [1.54, 1.807) is 19.1 Å². The summed E-state index contributed by atoms with van der Waals surface area (Å²) in [5, 5.41) is 0. The topological polar surface area (TPSA) is 21.7 Å². The largest absolute Gasteiger partial charge is 0.494 e. The summed E-state index contributed by atoms with van der Waals surface area (Å²) in [7, 11) is 4.60. The fourth-order valence-corrected chi connectivity index (χ4v) is 1.40. The molecule has 5 heteroatoms. The first-order chi connectivity index (χ1) is 7.58. The molecule has 3 nitrogen and oxygen atoms in total. The summed E-state index contributed by atoms with van der Waals surface area (Å²) in [5.74, 6) is -1.14. The summed E-state index contributed by atoms with van der Waals surface area (Å²) in [6, 6.07) is 2.19. The zero-order valence-electron chi connectivity index (χ0n) is 9.59. The first-order valence-electron chi connectivity index (χ1n) is 4.78. The zero-order valence-corrected chi connectivity index (χ0v) is 9.59. The number of nitrogens with zero attached hydrogens (tertiary/aromatic N) is 1. The molecular weight excluding hydrogens is 216 g/mol. The highest BCUT2D eigenvalue weighted by atomic mass is 19.1. The molecule has 0 heterocycles. The van der Waals surface area contributed by atoms with E-state index in [2.05, 4.69) is 4.74 Å². The molecule has 0 unspecified atom stereocenters. The van der Waals surface area contributed by atoms with Gasteiger partial charge < -0.3 is 9.47 Å². The van der Waals surface area contributed by atoms with Gasteiger partial charge in [-0.1, -0.05) is 0 Å². The molecule has 0 aliphatic heterocycles. The van der Waals surface area contributed by atoms with E-state index >= 15 is 0 Å². The van der Waals surface area contributed by atoms with Crippen LogP contribution in [0.25, 0.3) is 0 Å². The van der Waals surface area contributed by atoms with Crippen molar-refractivity contribution in [2.75, 3.05) is 28.0 Å². The van der Waals surface area contributed by atoms with Gasteiger partial charge in [-0.15, -0.1) is 0 Å². The summed E-state index contributed by atoms with van der Waals surface area (Å²) in [4.78, 5) is 1.73. The van der Waals surface area contributed by atoms with E-state index in [4.69, 9.17) is 4.74 Å². The molecule has 0 spiro atoms. The van der Waals surface area contributed by atoms with E-state index < -0.39 is 11.6 Å². The molecule has 0 aromatic heterocycles. The van der Waals surface area contributed by atoms with Crippen molar-refractivity contribution in [3.05, 3.63) is 29.3 Å². The van der Waals surface area contributed by atoms with Gasteiger partial charge in [-0.05, 0) is 13.1 Å². The van der Waals surface area contributed by atoms with Crippen LogP contribution < -0.4 is 4.74 Å². The zero-order chi connectivity index (χ0) is 12.1. The van der Waals surface area contributed by atoms with Crippen molar-refractivity contribution in [3.63, 3.8) is 0 Å². The molecule has 0 aliphatic rings. The van der Waals surface area contributed by atoms with Gasteiger partial charge in [-0.2, -0.15) is 0 Å². The van der Waals surface area contributed by atoms with Crippen molar-refractivity contribution < 1.29 is 18.3 Å². The lowest BCUT2D eigenvalue weighted by Crippen LogP contribution is -2.21. The smallest absolute Gasteiger partial charge is 0.165 e. The third kappa shape index (κ3) is 3.15. The second kappa shape index (κ2) is 5.77. The van der Waals surface area contributed by atoms with Gasteiger partial charge in [0.25, 0.3) is 0 Å². The van der Waals surface area contributed by atoms with Crippen molar-refractivity contribution in [1.82, 2.24) is 4.90 Å². The molecule has 0 radical (unpaired) electrons. The minimum absolute atomic E-state index is 0.0874. The molecule has 0 atom stereocenters. The Morgan fingerprint density at radius 1 is 1.19 bits per heavy atom. The van der Waals surface area contributed by atoms with Crippen LogP contribution in [0.1, 0.15) is 5.56 Å². The highest BCUT2D eigenvalue weighted by Crippen LogP contribution is 2.21. The maximum absolute atomic E-state index is 13.5. The predicted octanol–water partition coefficient (Wildman–Crippen LogP) is 2.01. The quantitative estimate of drug-likeness (QED) is 0.723. The van der Waals surface area contributed by atoms with E-state index in [1.807, 2.05) is 0 Å². The number of hydrogen-bond acceptors (Lipinski definition) is 3. The van der Waals surface area contributed by atoms with Crippen LogP contribution in [0, 0.1) is 11.6 Å². The molecule has 0 aliphatic carbocycles. The summed E-state index contributed by atoms with van der Waals surface area (Å²) >= 11 is 0. The molecule has 0 saturated carbocycles. The van der Waals surface area contributed by atoms with Crippen LogP contribution in [0.4, 0.5) is 8.78 Å². The van der Waals surface area contributed by atoms with Gasteiger partial charge in [0.05, 0.1) is 13.8 Å². The second-order valence-electron chi connectivity index (χ2n) is 3.51. The first kappa shape index (κ1) is 12.9. The van der Waals surface area contributed by atoms with E-state index in [1.165, 1.54) is 7.11 Å². The summed E-state index contributed by atoms with van der Waals surface area (Å²) in [6.07, 6.45) is 0. The van der Waals surface area contributed by atoms with Gasteiger partial charge in [0.1, 0.15) is 5.82 Å². The number of rotatable bonds is 5. The van der Waals surface area contributed by atoms with Crippen LogP contribution in [0.5, 0.6) is 5.75 Å². The Morgan fingerprint density at radius 3 is 2.44 bits per heavy atom. The van der Waals surface area contributed by atoms with Crippen molar-refractivity contribution in [2.45, 2.75) is 6.54 Å². The Kier molecular flexibility index (Phi) is 4.64. The average molecular weight is 231 g/mol. The van der Waals surface area contributed by atoms with Crippen LogP contribution >= 0.6 is 0 Å². The highest BCUT2D eigenvalue weighted by molar-refractivity contribution is 5.30. The third-order valence-electron chi connectivity index (χ3n) is 2.11. The van der Waals surface area contributed by atoms with Crippen LogP contribution in [-0.4, -0.2) is 32.9 Å². The Morgan fingerprint density at radius 2 is 1.88 bits per heavy atom. The molecule has 1 aromatic carbocycles.